The summed E-state index contributed by atoms with van der Waals surface area (Å²) in [6, 6.07) is 7.73. The highest BCUT2D eigenvalue weighted by Gasteiger charge is 2.57. The van der Waals surface area contributed by atoms with Crippen molar-refractivity contribution >= 4 is 29.7 Å². The van der Waals surface area contributed by atoms with Crippen molar-refractivity contribution in [1.29, 1.82) is 0 Å². The van der Waals surface area contributed by atoms with E-state index in [0.29, 0.717) is 25.2 Å². The van der Waals surface area contributed by atoms with Crippen LogP contribution in [0.2, 0.25) is 0 Å². The summed E-state index contributed by atoms with van der Waals surface area (Å²) >= 11 is 0. The van der Waals surface area contributed by atoms with Gasteiger partial charge in [0.25, 0.3) is 5.91 Å². The summed E-state index contributed by atoms with van der Waals surface area (Å²) in [5.41, 5.74) is 2.89. The van der Waals surface area contributed by atoms with Gasteiger partial charge < -0.3 is 25.1 Å². The van der Waals surface area contributed by atoms with Crippen LogP contribution >= 0.6 is 0 Å². The summed E-state index contributed by atoms with van der Waals surface area (Å²) in [6.45, 7) is 4.09. The minimum atomic E-state index is -5.08. The minimum Gasteiger partial charge on any atom is -0.475 e. The van der Waals surface area contributed by atoms with Gasteiger partial charge in [-0.3, -0.25) is 24.2 Å². The molecule has 0 aliphatic carbocycles. The number of nitrogens with zero attached hydrogens (tertiary/aromatic N) is 6. The predicted octanol–water partition coefficient (Wildman–Crippen LogP) is 4.47. The number of carboxylic acid groups (broad SMARTS) is 3. The Balaban J connectivity index is 0.000000393. The highest BCUT2D eigenvalue weighted by atomic mass is 19.4. The lowest BCUT2D eigenvalue weighted by Gasteiger charge is -2.42. The van der Waals surface area contributed by atoms with Gasteiger partial charge in [-0.05, 0) is 55.2 Å². The van der Waals surface area contributed by atoms with Crippen LogP contribution in [0, 0.1) is 12.3 Å². The number of aromatic nitrogens is 4. The number of hydrogen-bond donors (Lipinski definition) is 3. The Bertz CT molecular complexity index is 1730. The molecule has 0 aromatic carbocycles. The predicted molar refractivity (Wildman–Crippen MR) is 163 cm³/mol. The van der Waals surface area contributed by atoms with Crippen molar-refractivity contribution in [2.75, 3.05) is 19.6 Å². The molecule has 14 nitrogen and oxygen atoms in total. The molecule has 3 aromatic heterocycles. The fourth-order valence-corrected chi connectivity index (χ4v) is 5.46. The topological polar surface area (TPSA) is 196 Å². The summed E-state index contributed by atoms with van der Waals surface area (Å²) in [4.78, 5) is 66.2. The standard InChI is InChI=1S/C25H28N6O2.3C2HF3O2/c1-18-12-20(14-27-13-18)23(32)31-16-21(22-6-10-28-29(22)2)25(17-31)7-3-11-30(24(25)33)15-19-4-8-26-9-5-19;3*3-2(4,5)1(6)7/h4-6,8-10,12-14,21H,3,7,11,15-17H2,1-2H3;3*(H,6,7)/t21-,25+;;;/m0.../s1. The summed E-state index contributed by atoms with van der Waals surface area (Å²) in [7, 11) is 1.90. The van der Waals surface area contributed by atoms with Crippen LogP contribution in [-0.4, -0.2) is 113 Å². The molecule has 2 aliphatic rings. The van der Waals surface area contributed by atoms with Crippen LogP contribution in [0.3, 0.4) is 0 Å². The zero-order valence-electron chi connectivity index (χ0n) is 28.0. The molecule has 2 atom stereocenters. The van der Waals surface area contributed by atoms with Gasteiger partial charge in [-0.25, -0.2) is 14.4 Å². The second kappa shape index (κ2) is 17.8. The molecule has 23 heteroatoms. The number of carboxylic acids is 3. The van der Waals surface area contributed by atoms with E-state index in [9.17, 15) is 49.1 Å². The Morgan fingerprint density at radius 2 is 1.35 bits per heavy atom. The molecule has 2 fully saturated rings. The van der Waals surface area contributed by atoms with E-state index < -0.39 is 41.9 Å². The molecule has 3 N–H and O–H groups in total. The summed E-state index contributed by atoms with van der Waals surface area (Å²) in [5, 5.41) is 25.7. The Hall–Kier alpha value is -5.77. The molecule has 296 valence electrons. The number of pyridine rings is 2. The van der Waals surface area contributed by atoms with E-state index in [0.717, 1.165) is 36.2 Å². The quantitative estimate of drug-likeness (QED) is 0.316. The molecule has 5 heterocycles. The fourth-order valence-electron chi connectivity index (χ4n) is 5.46. The molecule has 2 aliphatic heterocycles. The smallest absolute Gasteiger partial charge is 0.475 e. The average molecular weight is 787 g/mol. The van der Waals surface area contributed by atoms with Gasteiger partial charge >= 0.3 is 36.4 Å². The zero-order chi connectivity index (χ0) is 41.2. The van der Waals surface area contributed by atoms with Crippen molar-refractivity contribution in [3.05, 3.63) is 77.6 Å². The van der Waals surface area contributed by atoms with E-state index in [1.807, 2.05) is 52.7 Å². The number of carbonyl (C=O) groups is 5. The largest absolute Gasteiger partial charge is 0.490 e. The van der Waals surface area contributed by atoms with Crippen LogP contribution in [0.1, 0.15) is 45.9 Å². The molecule has 5 rings (SSSR count). The first-order valence-corrected chi connectivity index (χ1v) is 15.1. The molecule has 1 spiro atoms. The number of amides is 2. The van der Waals surface area contributed by atoms with Crippen molar-refractivity contribution in [2.24, 2.45) is 12.5 Å². The summed E-state index contributed by atoms with van der Waals surface area (Å²) in [5.74, 6) is -8.34. The van der Waals surface area contributed by atoms with E-state index in [1.54, 1.807) is 31.0 Å². The molecule has 3 aromatic rings. The maximum absolute atomic E-state index is 14.1. The van der Waals surface area contributed by atoms with Crippen LogP contribution in [0.15, 0.2) is 55.2 Å². The lowest BCUT2D eigenvalue weighted by molar-refractivity contribution is -0.193. The van der Waals surface area contributed by atoms with E-state index >= 15 is 0 Å². The van der Waals surface area contributed by atoms with Gasteiger partial charge in [-0.2, -0.15) is 44.6 Å². The molecule has 2 saturated heterocycles. The van der Waals surface area contributed by atoms with E-state index in [2.05, 4.69) is 15.1 Å². The lowest BCUT2D eigenvalue weighted by atomic mass is 9.70. The number of rotatable bonds is 4. The van der Waals surface area contributed by atoms with Crippen molar-refractivity contribution in [1.82, 2.24) is 29.5 Å². The lowest BCUT2D eigenvalue weighted by Crippen LogP contribution is -2.52. The maximum Gasteiger partial charge on any atom is 0.490 e. The van der Waals surface area contributed by atoms with Crippen LogP contribution in [-0.2, 0) is 32.8 Å². The van der Waals surface area contributed by atoms with Gasteiger partial charge in [0.1, 0.15) is 0 Å². The number of aliphatic carboxylic acids is 3. The number of aryl methyl sites for hydroxylation is 2. The normalized spacial score (nSPS) is 18.4. The Labute approximate surface area is 298 Å². The second-order valence-electron chi connectivity index (χ2n) is 11.6. The van der Waals surface area contributed by atoms with E-state index in [-0.39, 0.29) is 17.7 Å². The monoisotopic (exact) mass is 786 g/mol. The summed E-state index contributed by atoms with van der Waals surface area (Å²) in [6.07, 6.45) is -4.97. The first kappa shape index (κ1) is 44.4. The van der Waals surface area contributed by atoms with E-state index in [1.165, 1.54) is 0 Å². The third-order valence-electron chi connectivity index (χ3n) is 7.78. The van der Waals surface area contributed by atoms with Gasteiger partial charge in [0, 0.05) is 75.8 Å². The third kappa shape index (κ3) is 12.1. The number of alkyl halides is 9. The van der Waals surface area contributed by atoms with Crippen LogP contribution in [0.5, 0.6) is 0 Å². The molecule has 2 amide bonds. The maximum atomic E-state index is 14.1. The molecule has 0 saturated carbocycles. The molecule has 0 bridgehead atoms. The first-order chi connectivity index (χ1) is 24.8. The van der Waals surface area contributed by atoms with Gasteiger partial charge in [0.2, 0.25) is 5.91 Å². The number of hydrogen-bond acceptors (Lipinski definition) is 8. The van der Waals surface area contributed by atoms with Gasteiger partial charge in [-0.1, -0.05) is 0 Å². The highest BCUT2D eigenvalue weighted by molar-refractivity contribution is 5.96. The highest BCUT2D eigenvalue weighted by Crippen LogP contribution is 2.49. The van der Waals surface area contributed by atoms with Gasteiger partial charge in [-0.15, -0.1) is 0 Å². The molecular formula is C31H31F9N6O8. The minimum absolute atomic E-state index is 0.0747. The Morgan fingerprint density at radius 3 is 1.80 bits per heavy atom. The third-order valence-corrected chi connectivity index (χ3v) is 7.78. The first-order valence-electron chi connectivity index (χ1n) is 15.1. The van der Waals surface area contributed by atoms with Crippen LogP contribution < -0.4 is 0 Å². The SMILES string of the molecule is Cc1cncc(C(=O)N2C[C@@H](c3ccnn3C)[C@@]3(CCCN(Cc4ccncc4)C3=O)C2)c1.O=C(O)C(F)(F)F.O=C(O)C(F)(F)F.O=C(O)C(F)(F)F. The van der Waals surface area contributed by atoms with Crippen LogP contribution in [0.25, 0.3) is 0 Å². The Kier molecular flexibility index (Phi) is 14.7. The van der Waals surface area contributed by atoms with Gasteiger partial charge in [0.15, 0.2) is 0 Å². The number of carbonyl (C=O) groups excluding carboxylic acids is 2. The van der Waals surface area contributed by atoms with Crippen molar-refractivity contribution in [3.8, 4) is 0 Å². The molecule has 0 unspecified atom stereocenters. The summed E-state index contributed by atoms with van der Waals surface area (Å²) < 4.78 is 97.0. The fraction of sp³-hybridized carbons (Fsp3) is 0.419. The average Bonchev–Trinajstić information content (AvgIpc) is 3.66. The van der Waals surface area contributed by atoms with Gasteiger partial charge in [0.05, 0.1) is 11.0 Å². The number of halogens is 9. The zero-order valence-corrected chi connectivity index (χ0v) is 28.0. The van der Waals surface area contributed by atoms with E-state index in [4.69, 9.17) is 29.7 Å². The number of piperidine rings is 1. The Morgan fingerprint density at radius 1 is 0.833 bits per heavy atom. The van der Waals surface area contributed by atoms with Crippen molar-refractivity contribution in [2.45, 2.75) is 50.8 Å². The molecule has 54 heavy (non-hydrogen) atoms. The molecular weight excluding hydrogens is 755 g/mol. The molecule has 0 radical (unpaired) electrons. The second-order valence-corrected chi connectivity index (χ2v) is 11.6. The van der Waals surface area contributed by atoms with Crippen molar-refractivity contribution in [3.63, 3.8) is 0 Å². The van der Waals surface area contributed by atoms with Crippen LogP contribution in [0.4, 0.5) is 39.5 Å². The van der Waals surface area contributed by atoms with Crippen molar-refractivity contribution < 1.29 is 78.8 Å². The number of likely N-dealkylation sites (tertiary alicyclic amines) is 2.